The number of anilines is 1. The molecule has 0 heterocycles. The van der Waals surface area contributed by atoms with Crippen LogP contribution >= 0.6 is 0 Å². The number of benzene rings is 2. The van der Waals surface area contributed by atoms with Crippen LogP contribution in [0.1, 0.15) is 17.3 Å². The highest BCUT2D eigenvalue weighted by atomic mass is 19.1. The van der Waals surface area contributed by atoms with E-state index in [0.717, 1.165) is 17.0 Å². The van der Waals surface area contributed by atoms with Gasteiger partial charge in [-0.05, 0) is 31.2 Å². The normalized spacial score (nSPS) is 10.2. The van der Waals surface area contributed by atoms with E-state index in [1.165, 1.54) is 0 Å². The molecule has 0 atom stereocenters. The van der Waals surface area contributed by atoms with Gasteiger partial charge in [0.25, 0.3) is 11.8 Å². The molecule has 10 heteroatoms. The number of halogens is 2. The van der Waals surface area contributed by atoms with Gasteiger partial charge in [-0.2, -0.15) is 0 Å². The Labute approximate surface area is 176 Å². The summed E-state index contributed by atoms with van der Waals surface area (Å²) < 4.78 is 36.2. The number of ether oxygens (including phenoxy) is 2. The Balaban J connectivity index is 1.91. The van der Waals surface area contributed by atoms with E-state index < -0.39 is 54.1 Å². The number of carbonyl (C=O) groups is 4. The van der Waals surface area contributed by atoms with Gasteiger partial charge in [-0.25, -0.2) is 8.78 Å². The summed E-state index contributed by atoms with van der Waals surface area (Å²) in [5, 5.41) is 2.12. The summed E-state index contributed by atoms with van der Waals surface area (Å²) >= 11 is 0. The van der Waals surface area contributed by atoms with Crippen molar-refractivity contribution in [2.24, 2.45) is 0 Å². The highest BCUT2D eigenvalue weighted by molar-refractivity contribution is 5.99. The van der Waals surface area contributed by atoms with Crippen LogP contribution in [-0.2, 0) is 23.9 Å². The van der Waals surface area contributed by atoms with Gasteiger partial charge in [-0.15, -0.1) is 0 Å². The maximum Gasteiger partial charge on any atom is 0.326 e. The SMILES string of the molecule is CCOC(=O)CN(C(=O)COC(=O)CNC(=O)c1ccc(F)cc1F)c1ccccc1. The molecule has 8 nitrogen and oxygen atoms in total. The Morgan fingerprint density at radius 1 is 0.968 bits per heavy atom. The molecule has 2 rings (SSSR count). The lowest BCUT2D eigenvalue weighted by molar-refractivity contribution is -0.147. The van der Waals surface area contributed by atoms with Crippen molar-refractivity contribution in [2.45, 2.75) is 6.92 Å². The van der Waals surface area contributed by atoms with Gasteiger partial charge in [-0.1, -0.05) is 18.2 Å². The second-order valence-corrected chi connectivity index (χ2v) is 6.09. The lowest BCUT2D eigenvalue weighted by Crippen LogP contribution is -2.40. The largest absolute Gasteiger partial charge is 0.465 e. The lowest BCUT2D eigenvalue weighted by atomic mass is 10.2. The molecule has 0 aromatic heterocycles. The highest BCUT2D eigenvalue weighted by Gasteiger charge is 2.21. The number of nitrogens with one attached hydrogen (secondary N) is 1. The number of esters is 2. The predicted molar refractivity (Wildman–Crippen MR) is 105 cm³/mol. The van der Waals surface area contributed by atoms with Crippen molar-refractivity contribution < 1.29 is 37.4 Å². The molecule has 0 fully saturated rings. The fourth-order valence-corrected chi connectivity index (χ4v) is 2.46. The first-order valence-corrected chi connectivity index (χ1v) is 9.21. The first-order chi connectivity index (χ1) is 14.8. The molecule has 0 bridgehead atoms. The van der Waals surface area contributed by atoms with Crippen molar-refractivity contribution in [1.29, 1.82) is 0 Å². The summed E-state index contributed by atoms with van der Waals surface area (Å²) in [5.74, 6) is -5.18. The Bertz CT molecular complexity index is 952. The Kier molecular flexibility index (Phi) is 8.62. The zero-order valence-corrected chi connectivity index (χ0v) is 16.6. The van der Waals surface area contributed by atoms with E-state index in [9.17, 15) is 28.0 Å². The molecule has 0 saturated heterocycles. The Morgan fingerprint density at radius 3 is 2.32 bits per heavy atom. The van der Waals surface area contributed by atoms with Crippen LogP contribution in [0.3, 0.4) is 0 Å². The van der Waals surface area contributed by atoms with Gasteiger partial charge in [-0.3, -0.25) is 24.1 Å². The molecule has 2 aromatic rings. The monoisotopic (exact) mass is 434 g/mol. The van der Waals surface area contributed by atoms with Crippen molar-refractivity contribution in [3.05, 3.63) is 65.7 Å². The van der Waals surface area contributed by atoms with Crippen LogP contribution in [0.4, 0.5) is 14.5 Å². The molecule has 2 aromatic carbocycles. The molecule has 0 saturated carbocycles. The van der Waals surface area contributed by atoms with Gasteiger partial charge in [0.2, 0.25) is 0 Å². The minimum absolute atomic E-state index is 0.138. The molecular weight excluding hydrogens is 414 g/mol. The van der Waals surface area contributed by atoms with E-state index in [4.69, 9.17) is 9.47 Å². The van der Waals surface area contributed by atoms with E-state index in [-0.39, 0.29) is 13.2 Å². The number of hydrogen-bond acceptors (Lipinski definition) is 6. The number of hydrogen-bond donors (Lipinski definition) is 1. The molecule has 0 unspecified atom stereocenters. The second kappa shape index (κ2) is 11.4. The number of para-hydroxylation sites is 1. The maximum absolute atomic E-state index is 13.6. The molecule has 0 aliphatic heterocycles. The van der Waals surface area contributed by atoms with Crippen LogP contribution in [0.5, 0.6) is 0 Å². The molecule has 164 valence electrons. The van der Waals surface area contributed by atoms with Crippen LogP contribution in [0, 0.1) is 11.6 Å². The van der Waals surface area contributed by atoms with Crippen LogP contribution in [0.2, 0.25) is 0 Å². The number of amides is 2. The van der Waals surface area contributed by atoms with Crippen LogP contribution in [-0.4, -0.2) is 50.1 Å². The third-order valence-electron chi connectivity index (χ3n) is 3.89. The van der Waals surface area contributed by atoms with Gasteiger partial charge in [0.05, 0.1) is 12.2 Å². The van der Waals surface area contributed by atoms with E-state index in [2.05, 4.69) is 5.32 Å². The van der Waals surface area contributed by atoms with Gasteiger partial charge in [0, 0.05) is 11.8 Å². The molecule has 2 amide bonds. The summed E-state index contributed by atoms with van der Waals surface area (Å²) in [7, 11) is 0. The molecule has 0 radical (unpaired) electrons. The van der Waals surface area contributed by atoms with Crippen molar-refractivity contribution in [2.75, 3.05) is 31.2 Å². The first kappa shape index (κ1) is 23.5. The Hall–Kier alpha value is -3.82. The topological polar surface area (TPSA) is 102 Å². The third kappa shape index (κ3) is 7.18. The number of carbonyl (C=O) groups excluding carboxylic acids is 4. The van der Waals surface area contributed by atoms with Gasteiger partial charge < -0.3 is 14.8 Å². The summed E-state index contributed by atoms with van der Waals surface area (Å²) in [6, 6.07) is 10.6. The average molecular weight is 434 g/mol. The first-order valence-electron chi connectivity index (χ1n) is 9.21. The van der Waals surface area contributed by atoms with Crippen molar-refractivity contribution in [1.82, 2.24) is 5.32 Å². The third-order valence-corrected chi connectivity index (χ3v) is 3.89. The summed E-state index contributed by atoms with van der Waals surface area (Å²) in [4.78, 5) is 49.1. The summed E-state index contributed by atoms with van der Waals surface area (Å²) in [5.41, 5.74) is -0.0494. The number of nitrogens with zero attached hydrogens (tertiary/aromatic N) is 1. The van der Waals surface area contributed by atoms with Crippen LogP contribution < -0.4 is 10.2 Å². The van der Waals surface area contributed by atoms with E-state index in [1.54, 1.807) is 37.3 Å². The van der Waals surface area contributed by atoms with Crippen molar-refractivity contribution in [3.8, 4) is 0 Å². The molecule has 0 aliphatic carbocycles. The standard InChI is InChI=1S/C21H20F2N2O6/c1-2-30-20(28)12-25(15-6-4-3-5-7-15)18(26)13-31-19(27)11-24-21(29)16-9-8-14(22)10-17(16)23/h3-10H,2,11-13H2,1H3,(H,24,29). The lowest BCUT2D eigenvalue weighted by Gasteiger charge is -2.21. The fraction of sp³-hybridized carbons (Fsp3) is 0.238. The van der Waals surface area contributed by atoms with E-state index in [1.807, 2.05) is 0 Å². The minimum atomic E-state index is -1.08. The smallest absolute Gasteiger partial charge is 0.326 e. The predicted octanol–water partition coefficient (Wildman–Crippen LogP) is 1.83. The molecule has 0 aliphatic rings. The van der Waals surface area contributed by atoms with E-state index >= 15 is 0 Å². The summed E-state index contributed by atoms with van der Waals surface area (Å²) in [6.07, 6.45) is 0. The van der Waals surface area contributed by atoms with E-state index in [0.29, 0.717) is 11.8 Å². The van der Waals surface area contributed by atoms with Gasteiger partial charge >= 0.3 is 11.9 Å². The van der Waals surface area contributed by atoms with Gasteiger partial charge in [0.15, 0.2) is 6.61 Å². The van der Waals surface area contributed by atoms with Crippen LogP contribution in [0.25, 0.3) is 0 Å². The minimum Gasteiger partial charge on any atom is -0.465 e. The quantitative estimate of drug-likeness (QED) is 0.605. The second-order valence-electron chi connectivity index (χ2n) is 6.09. The Morgan fingerprint density at radius 2 is 1.68 bits per heavy atom. The highest BCUT2D eigenvalue weighted by Crippen LogP contribution is 2.14. The van der Waals surface area contributed by atoms with Crippen LogP contribution in [0.15, 0.2) is 48.5 Å². The molecule has 1 N–H and O–H groups in total. The van der Waals surface area contributed by atoms with Crippen molar-refractivity contribution >= 4 is 29.4 Å². The maximum atomic E-state index is 13.6. The zero-order valence-electron chi connectivity index (χ0n) is 16.6. The molecule has 0 spiro atoms. The molecule has 31 heavy (non-hydrogen) atoms. The zero-order chi connectivity index (χ0) is 22.8. The number of rotatable bonds is 9. The fourth-order valence-electron chi connectivity index (χ4n) is 2.46. The average Bonchev–Trinajstić information content (AvgIpc) is 2.75. The molecular formula is C21H20F2N2O6. The summed E-state index contributed by atoms with van der Waals surface area (Å²) in [6.45, 7) is 0.0360. The van der Waals surface area contributed by atoms with Gasteiger partial charge in [0.1, 0.15) is 24.7 Å². The van der Waals surface area contributed by atoms with Crippen molar-refractivity contribution in [3.63, 3.8) is 0 Å².